The highest BCUT2D eigenvalue weighted by molar-refractivity contribution is 6.60. The van der Waals surface area contributed by atoms with Crippen molar-refractivity contribution in [3.8, 4) is 0 Å². The molecule has 0 aliphatic rings. The van der Waals surface area contributed by atoms with Crippen molar-refractivity contribution in [3.63, 3.8) is 0 Å². The number of unbranched alkanes of at least 4 members (excludes halogenated alkanes) is 2. The van der Waals surface area contributed by atoms with Crippen LogP contribution < -0.4 is 5.32 Å². The maximum Gasteiger partial charge on any atom is 0.500 e. The Hall–Kier alpha value is -1.00. The Bertz CT molecular complexity index is 434. The first-order valence-electron chi connectivity index (χ1n) is 11.5. The van der Waals surface area contributed by atoms with Gasteiger partial charge in [-0.2, -0.15) is 0 Å². The Morgan fingerprint density at radius 1 is 0.800 bits per heavy atom. The Kier molecular flexibility index (Phi) is 18.1. The fourth-order valence-corrected chi connectivity index (χ4v) is 5.41. The average Bonchev–Trinajstić information content (AvgIpc) is 2.71. The zero-order valence-corrected chi connectivity index (χ0v) is 20.6. The molecule has 178 valence electrons. The normalized spacial score (nSPS) is 12.6. The van der Waals surface area contributed by atoms with E-state index in [1.54, 1.807) is 0 Å². The van der Waals surface area contributed by atoms with Gasteiger partial charge in [0.2, 0.25) is 0 Å². The summed E-state index contributed by atoms with van der Waals surface area (Å²) >= 11 is 0. The third kappa shape index (κ3) is 13.3. The van der Waals surface area contributed by atoms with Crippen LogP contribution >= 0.6 is 0 Å². The number of hydrogen-bond acceptors (Lipinski definition) is 8. The Morgan fingerprint density at radius 2 is 1.33 bits per heavy atom. The van der Waals surface area contributed by atoms with Gasteiger partial charge < -0.3 is 28.1 Å². The lowest BCUT2D eigenvalue weighted by atomic mass is 10.2. The number of hydrogen-bond donors (Lipinski definition) is 1. The molecular formula is C21H43NO7Si. The molecular weight excluding hydrogens is 406 g/mol. The predicted molar refractivity (Wildman–Crippen MR) is 118 cm³/mol. The molecule has 1 unspecified atom stereocenters. The van der Waals surface area contributed by atoms with Gasteiger partial charge in [-0.1, -0.05) is 26.7 Å². The Balaban J connectivity index is 4.75. The number of esters is 2. The van der Waals surface area contributed by atoms with E-state index in [2.05, 4.69) is 5.32 Å². The summed E-state index contributed by atoms with van der Waals surface area (Å²) in [4.78, 5) is 24.5. The van der Waals surface area contributed by atoms with Gasteiger partial charge in [0.05, 0.1) is 19.6 Å². The number of rotatable bonds is 20. The molecule has 0 aromatic rings. The van der Waals surface area contributed by atoms with E-state index in [9.17, 15) is 9.59 Å². The minimum Gasteiger partial charge on any atom is -0.466 e. The highest BCUT2D eigenvalue weighted by Gasteiger charge is 2.39. The fraction of sp³-hybridized carbons (Fsp3) is 0.905. The maximum atomic E-state index is 12.4. The van der Waals surface area contributed by atoms with E-state index < -0.39 is 26.8 Å². The van der Waals surface area contributed by atoms with Gasteiger partial charge in [0.25, 0.3) is 0 Å². The zero-order chi connectivity index (χ0) is 22.7. The topological polar surface area (TPSA) is 92.3 Å². The van der Waals surface area contributed by atoms with Gasteiger partial charge >= 0.3 is 20.7 Å². The molecule has 0 aliphatic heterocycles. The largest absolute Gasteiger partial charge is 0.500 e. The molecule has 0 saturated heterocycles. The minimum absolute atomic E-state index is 0.0420. The molecule has 0 saturated carbocycles. The van der Waals surface area contributed by atoms with Crippen LogP contribution in [0.15, 0.2) is 0 Å². The summed E-state index contributed by atoms with van der Waals surface area (Å²) in [6.07, 6.45) is 4.13. The number of nitrogens with one attached hydrogen (secondary N) is 1. The van der Waals surface area contributed by atoms with Crippen LogP contribution in [0.5, 0.6) is 0 Å². The van der Waals surface area contributed by atoms with Gasteiger partial charge in [-0.3, -0.25) is 9.59 Å². The van der Waals surface area contributed by atoms with Crippen molar-refractivity contribution in [2.75, 3.05) is 39.6 Å². The van der Waals surface area contributed by atoms with E-state index in [0.717, 1.165) is 25.7 Å². The molecule has 1 atom stereocenters. The van der Waals surface area contributed by atoms with Crippen LogP contribution in [-0.2, 0) is 32.3 Å². The summed E-state index contributed by atoms with van der Waals surface area (Å²) in [6.45, 7) is 12.6. The maximum absolute atomic E-state index is 12.4. The van der Waals surface area contributed by atoms with Crippen molar-refractivity contribution >= 4 is 20.7 Å². The second kappa shape index (κ2) is 18.7. The molecule has 9 heteroatoms. The van der Waals surface area contributed by atoms with Crippen LogP contribution in [0, 0.1) is 0 Å². The van der Waals surface area contributed by atoms with Crippen LogP contribution in [0.1, 0.15) is 73.1 Å². The lowest BCUT2D eigenvalue weighted by Gasteiger charge is -2.28. The van der Waals surface area contributed by atoms with Crippen molar-refractivity contribution in [1.29, 1.82) is 0 Å². The molecule has 0 heterocycles. The van der Waals surface area contributed by atoms with Crippen molar-refractivity contribution in [3.05, 3.63) is 0 Å². The van der Waals surface area contributed by atoms with E-state index in [1.807, 2.05) is 34.6 Å². The summed E-state index contributed by atoms with van der Waals surface area (Å²) < 4.78 is 28.1. The lowest BCUT2D eigenvalue weighted by Crippen LogP contribution is -2.47. The second-order valence-electron chi connectivity index (χ2n) is 6.89. The highest BCUT2D eigenvalue weighted by Crippen LogP contribution is 2.18. The van der Waals surface area contributed by atoms with Gasteiger partial charge in [0.15, 0.2) is 0 Å². The molecule has 0 amide bonds. The molecule has 8 nitrogen and oxygen atoms in total. The second-order valence-corrected chi connectivity index (χ2v) is 9.62. The Morgan fingerprint density at radius 3 is 1.83 bits per heavy atom. The van der Waals surface area contributed by atoms with E-state index in [4.69, 9.17) is 22.8 Å². The smallest absolute Gasteiger partial charge is 0.466 e. The summed E-state index contributed by atoms with van der Waals surface area (Å²) in [5, 5.41) is 3.15. The summed E-state index contributed by atoms with van der Waals surface area (Å²) in [7, 11) is -2.72. The molecule has 0 aliphatic carbocycles. The van der Waals surface area contributed by atoms with Crippen LogP contribution in [0.3, 0.4) is 0 Å². The molecule has 0 fully saturated rings. The van der Waals surface area contributed by atoms with Crippen molar-refractivity contribution in [2.45, 2.75) is 85.2 Å². The van der Waals surface area contributed by atoms with Crippen molar-refractivity contribution in [1.82, 2.24) is 5.32 Å². The van der Waals surface area contributed by atoms with Crippen molar-refractivity contribution in [2.24, 2.45) is 0 Å². The number of carbonyl (C=O) groups excluding carboxylic acids is 2. The Labute approximate surface area is 183 Å². The fourth-order valence-electron chi connectivity index (χ4n) is 2.79. The van der Waals surface area contributed by atoms with Crippen molar-refractivity contribution < 1.29 is 32.3 Å². The van der Waals surface area contributed by atoms with Crippen LogP contribution in [0.25, 0.3) is 0 Å². The van der Waals surface area contributed by atoms with Crippen LogP contribution in [0.4, 0.5) is 0 Å². The molecule has 0 aromatic carbocycles. The first-order valence-corrected chi connectivity index (χ1v) is 13.4. The molecule has 1 N–H and O–H groups in total. The average molecular weight is 450 g/mol. The van der Waals surface area contributed by atoms with E-state index in [-0.39, 0.29) is 6.42 Å². The first kappa shape index (κ1) is 29.0. The van der Waals surface area contributed by atoms with Gasteiger partial charge in [0.1, 0.15) is 6.04 Å². The molecule has 0 radical (unpaired) electrons. The number of carbonyl (C=O) groups is 2. The third-order valence-electron chi connectivity index (χ3n) is 4.30. The van der Waals surface area contributed by atoms with Gasteiger partial charge in [-0.05, 0) is 46.6 Å². The lowest BCUT2D eigenvalue weighted by molar-refractivity contribution is -0.153. The highest BCUT2D eigenvalue weighted by atomic mass is 28.4. The molecule has 0 bridgehead atoms. The molecule has 0 aromatic heterocycles. The quantitative estimate of drug-likeness (QED) is 0.172. The summed E-state index contributed by atoms with van der Waals surface area (Å²) in [6, 6.07) is -0.0908. The first-order chi connectivity index (χ1) is 14.5. The van der Waals surface area contributed by atoms with E-state index >= 15 is 0 Å². The monoisotopic (exact) mass is 449 g/mol. The third-order valence-corrected chi connectivity index (χ3v) is 7.45. The number of ether oxygens (including phenoxy) is 2. The van der Waals surface area contributed by atoms with Gasteiger partial charge in [-0.25, -0.2) is 0 Å². The van der Waals surface area contributed by atoms with E-state index in [0.29, 0.717) is 52.0 Å². The minimum atomic E-state index is -2.72. The molecule has 0 rings (SSSR count). The van der Waals surface area contributed by atoms with Gasteiger partial charge in [-0.15, -0.1) is 0 Å². The predicted octanol–water partition coefficient (Wildman–Crippen LogP) is 3.46. The standard InChI is InChI=1S/C21H43NO7Si/c1-6-11-15-25-20(23)18-19(21(24)26-16-12-7-2)22-14-13-17-30(27-8-3,28-9-4)29-10-5/h19,22H,6-18H2,1-5H3. The van der Waals surface area contributed by atoms with Gasteiger partial charge in [0, 0.05) is 25.9 Å². The van der Waals surface area contributed by atoms with E-state index in [1.165, 1.54) is 0 Å². The summed E-state index contributed by atoms with van der Waals surface area (Å²) in [5.41, 5.74) is 0. The summed E-state index contributed by atoms with van der Waals surface area (Å²) in [5.74, 6) is -0.811. The zero-order valence-electron chi connectivity index (χ0n) is 19.6. The molecule has 0 spiro atoms. The van der Waals surface area contributed by atoms with Crippen LogP contribution in [-0.4, -0.2) is 66.4 Å². The van der Waals surface area contributed by atoms with Crippen LogP contribution in [0.2, 0.25) is 6.04 Å². The SMILES string of the molecule is CCCCOC(=O)CC(NCCC[Si](OCC)(OCC)OCC)C(=O)OCCCC. The molecule has 30 heavy (non-hydrogen) atoms.